The molecule has 2 saturated heterocycles. The van der Waals surface area contributed by atoms with E-state index in [0.717, 1.165) is 78.8 Å². The van der Waals surface area contributed by atoms with Gasteiger partial charge in [-0.05, 0) is 119 Å². The van der Waals surface area contributed by atoms with Crippen LogP contribution in [0.3, 0.4) is 0 Å². The van der Waals surface area contributed by atoms with Gasteiger partial charge in [0.25, 0.3) is 23.6 Å². The van der Waals surface area contributed by atoms with Crippen LogP contribution in [0.25, 0.3) is 10.2 Å². The fourth-order valence-electron chi connectivity index (χ4n) is 10.6. The lowest BCUT2D eigenvalue weighted by molar-refractivity contribution is -0.136. The fourth-order valence-corrected chi connectivity index (χ4v) is 11.8. The minimum atomic E-state index is -3.08. The minimum absolute atomic E-state index is 0.0830. The van der Waals surface area contributed by atoms with Gasteiger partial charge in [-0.15, -0.1) is 11.3 Å². The zero-order valence-electron chi connectivity index (χ0n) is 35.2. The molecule has 3 aromatic carbocycles. The third-order valence-corrected chi connectivity index (χ3v) is 14.9. The number of benzene rings is 3. The zero-order valence-corrected chi connectivity index (χ0v) is 36.0. The molecule has 4 fully saturated rings. The molecule has 4 aromatic rings. The van der Waals surface area contributed by atoms with Crippen molar-refractivity contribution in [1.29, 1.82) is 0 Å². The van der Waals surface area contributed by atoms with E-state index in [4.69, 9.17) is 4.98 Å². The fraction of sp³-hybridized carbons (Fsp3) is 0.489. The van der Waals surface area contributed by atoms with E-state index in [1.165, 1.54) is 37.1 Å². The monoisotopic (exact) mass is 866 g/mol. The van der Waals surface area contributed by atoms with Gasteiger partial charge in [0.15, 0.2) is 0 Å². The highest BCUT2D eigenvalue weighted by molar-refractivity contribution is 7.18. The van der Waals surface area contributed by atoms with Crippen LogP contribution in [0.5, 0.6) is 0 Å². The van der Waals surface area contributed by atoms with Crippen molar-refractivity contribution in [1.82, 2.24) is 20.1 Å². The maximum absolute atomic E-state index is 14.0. The molecule has 326 valence electrons. The van der Waals surface area contributed by atoms with Crippen molar-refractivity contribution in [2.24, 2.45) is 17.3 Å². The Morgan fingerprint density at radius 3 is 2.39 bits per heavy atom. The van der Waals surface area contributed by atoms with E-state index < -0.39 is 47.1 Å². The van der Waals surface area contributed by atoms with E-state index in [-0.39, 0.29) is 29.5 Å². The lowest BCUT2D eigenvalue weighted by atomic mass is 9.57. The average molecular weight is 867 g/mol. The number of aromatic nitrogens is 1. The summed E-state index contributed by atoms with van der Waals surface area (Å²) in [5, 5.41) is 20.6. The number of thiazole rings is 1. The summed E-state index contributed by atoms with van der Waals surface area (Å²) >= 11 is 1.61. The van der Waals surface area contributed by atoms with Crippen molar-refractivity contribution in [2.75, 3.05) is 36.8 Å². The molecule has 1 unspecified atom stereocenters. The number of nitrogens with zero attached hydrogens (tertiary/aromatic N) is 3. The quantitative estimate of drug-likeness (QED) is 0.104. The number of carbonyl (C=O) groups excluding carboxylic acids is 5. The van der Waals surface area contributed by atoms with Crippen molar-refractivity contribution in [2.45, 2.75) is 102 Å². The van der Waals surface area contributed by atoms with Gasteiger partial charge in [-0.3, -0.25) is 34.2 Å². The third-order valence-electron chi connectivity index (χ3n) is 13.7. The number of aliphatic hydroxyl groups is 1. The van der Waals surface area contributed by atoms with Crippen LogP contribution in [0.15, 0.2) is 54.6 Å². The van der Waals surface area contributed by atoms with E-state index in [1.807, 2.05) is 12.1 Å². The number of hydrogen-bond donors (Lipinski definition) is 4. The Labute approximate surface area is 362 Å². The first-order valence-electron chi connectivity index (χ1n) is 21.7. The van der Waals surface area contributed by atoms with E-state index in [2.05, 4.69) is 20.9 Å². The Hall–Kier alpha value is -5.12. The number of piperidine rings is 1. The zero-order chi connectivity index (χ0) is 43.7. The van der Waals surface area contributed by atoms with E-state index in [9.17, 15) is 37.9 Å². The summed E-state index contributed by atoms with van der Waals surface area (Å²) in [6.45, 7) is 8.14. The van der Waals surface area contributed by atoms with Crippen molar-refractivity contribution < 1.29 is 37.9 Å². The van der Waals surface area contributed by atoms with Crippen LogP contribution < -0.4 is 16.0 Å². The molecule has 0 bridgehead atoms. The number of carbonyl (C=O) groups is 5. The van der Waals surface area contributed by atoms with E-state index in [1.54, 1.807) is 43.4 Å². The summed E-state index contributed by atoms with van der Waals surface area (Å²) < 4.78 is 28.9. The van der Waals surface area contributed by atoms with Crippen LogP contribution in [0.1, 0.15) is 132 Å². The summed E-state index contributed by atoms with van der Waals surface area (Å²) in [5.41, 5.74) is 1.86. The Morgan fingerprint density at radius 2 is 1.68 bits per heavy atom. The van der Waals surface area contributed by atoms with Gasteiger partial charge in [-0.2, -0.15) is 0 Å². The predicted molar refractivity (Wildman–Crippen MR) is 231 cm³/mol. The Kier molecular flexibility index (Phi) is 10.8. The van der Waals surface area contributed by atoms with Gasteiger partial charge >= 0.3 is 0 Å². The van der Waals surface area contributed by atoms with Crippen LogP contribution in [0, 0.1) is 17.3 Å². The maximum Gasteiger partial charge on any atom is 0.270 e. The SMILES string of the molecule is CC(C)(O)c1cc2nc([C@H]3CC[C@H](CN4CC5(CC(CCNc6cccc7c6C(=O)N(C6CCC(=O)NC6=O)C7=O)C5)C4)CC3)sc2cc1NC(=O)c1cccc(C(C)(F)F)c1. The highest BCUT2D eigenvalue weighted by Crippen LogP contribution is 2.53. The molecule has 3 aliphatic heterocycles. The molecule has 4 heterocycles. The molecule has 5 amide bonds. The average Bonchev–Trinajstić information content (AvgIpc) is 3.73. The molecule has 62 heavy (non-hydrogen) atoms. The number of rotatable bonds is 12. The van der Waals surface area contributed by atoms with Crippen LogP contribution in [-0.4, -0.2) is 81.6 Å². The molecular weight excluding hydrogens is 815 g/mol. The van der Waals surface area contributed by atoms with E-state index >= 15 is 0 Å². The van der Waals surface area contributed by atoms with Gasteiger partial charge in [-0.1, -0.05) is 18.2 Å². The molecule has 2 aliphatic carbocycles. The van der Waals surface area contributed by atoms with Crippen LogP contribution in [0.4, 0.5) is 20.2 Å². The highest BCUT2D eigenvalue weighted by atomic mass is 32.1. The highest BCUT2D eigenvalue weighted by Gasteiger charge is 2.52. The predicted octanol–water partition coefficient (Wildman–Crippen LogP) is 7.78. The lowest BCUT2D eigenvalue weighted by Crippen LogP contribution is -2.63. The topological polar surface area (TPSA) is 161 Å². The van der Waals surface area contributed by atoms with Crippen molar-refractivity contribution in [3.63, 3.8) is 0 Å². The second-order valence-corrected chi connectivity index (χ2v) is 20.0. The van der Waals surface area contributed by atoms with Crippen LogP contribution in [-0.2, 0) is 21.1 Å². The molecule has 0 radical (unpaired) electrons. The number of imide groups is 2. The van der Waals surface area contributed by atoms with Crippen molar-refractivity contribution >= 4 is 62.5 Å². The molecule has 9 rings (SSSR count). The Balaban J connectivity index is 0.735. The first-order chi connectivity index (χ1) is 29.4. The molecule has 1 spiro atoms. The summed E-state index contributed by atoms with van der Waals surface area (Å²) in [4.78, 5) is 72.6. The summed E-state index contributed by atoms with van der Waals surface area (Å²) in [6.07, 6.45) is 7.92. The summed E-state index contributed by atoms with van der Waals surface area (Å²) in [6, 6.07) is 13.3. The van der Waals surface area contributed by atoms with Gasteiger partial charge < -0.3 is 20.6 Å². The largest absolute Gasteiger partial charge is 0.386 e. The first kappa shape index (κ1) is 42.2. The van der Waals surface area contributed by atoms with Gasteiger partial charge in [0.1, 0.15) is 6.04 Å². The molecule has 2 saturated carbocycles. The number of likely N-dealkylation sites (tertiary alicyclic amines) is 1. The van der Waals surface area contributed by atoms with Gasteiger partial charge in [0.05, 0.1) is 32.0 Å². The number of hydrogen-bond acceptors (Lipinski definition) is 10. The second-order valence-electron chi connectivity index (χ2n) is 19.0. The van der Waals surface area contributed by atoms with Gasteiger partial charge in [0.2, 0.25) is 11.8 Å². The molecular formula is C47H52F2N6O6S. The normalized spacial score (nSPS) is 23.0. The molecule has 5 aliphatic rings. The molecule has 4 N–H and O–H groups in total. The first-order valence-corrected chi connectivity index (χ1v) is 22.5. The lowest BCUT2D eigenvalue weighted by Gasteiger charge is -2.60. The Bertz CT molecular complexity index is 2470. The number of nitrogens with one attached hydrogen (secondary N) is 3. The van der Waals surface area contributed by atoms with Crippen molar-refractivity contribution in [3.05, 3.63) is 87.4 Å². The standard InChI is InChI=1S/C47H52F2N6O6S/c1-45(2,61)32-19-35-37(20-34(32)51-40(57)29-6-4-7-30(18-29)46(3,48)49)62-42(52-35)28-12-10-26(11-13-28)23-54-24-47(25-54)21-27(22-47)16-17-50-33-9-5-8-31-39(33)44(60)55(43(31)59)36-14-15-38(56)53-41(36)58/h4-9,18-20,26-28,36,50,61H,10-17,21-25H2,1-3H3,(H,51,57)(H,53,56,58)/t26-,28-,36?. The number of fused-ring (bicyclic) bond motifs is 2. The van der Waals surface area contributed by atoms with Crippen molar-refractivity contribution in [3.8, 4) is 0 Å². The summed E-state index contributed by atoms with van der Waals surface area (Å²) in [7, 11) is 0. The molecule has 15 heteroatoms. The van der Waals surface area contributed by atoms with Crippen LogP contribution in [0.2, 0.25) is 0 Å². The summed E-state index contributed by atoms with van der Waals surface area (Å²) in [5.74, 6) is -4.04. The number of amides is 5. The molecule has 12 nitrogen and oxygen atoms in total. The van der Waals surface area contributed by atoms with Crippen LogP contribution >= 0.6 is 11.3 Å². The molecule has 1 atom stereocenters. The minimum Gasteiger partial charge on any atom is -0.386 e. The van der Waals surface area contributed by atoms with Gasteiger partial charge in [-0.25, -0.2) is 13.8 Å². The smallest absolute Gasteiger partial charge is 0.270 e. The second kappa shape index (κ2) is 15.9. The van der Waals surface area contributed by atoms with E-state index in [0.29, 0.717) is 52.2 Å². The third kappa shape index (κ3) is 8.14. The number of halogens is 2. The molecule has 1 aromatic heterocycles. The number of anilines is 2. The number of alkyl halides is 2. The Morgan fingerprint density at radius 1 is 0.935 bits per heavy atom. The maximum atomic E-state index is 14.0. The van der Waals surface area contributed by atoms with Gasteiger partial charge in [0, 0.05) is 73.5 Å².